The highest BCUT2D eigenvalue weighted by Crippen LogP contribution is 2.42. The lowest BCUT2D eigenvalue weighted by Crippen LogP contribution is -2.45. The molecule has 0 radical (unpaired) electrons. The van der Waals surface area contributed by atoms with Crippen LogP contribution in [0.1, 0.15) is 42.1 Å². The van der Waals surface area contributed by atoms with Crippen LogP contribution in [0.15, 0.2) is 18.2 Å². The summed E-state index contributed by atoms with van der Waals surface area (Å²) in [6.45, 7) is 5.77. The van der Waals surface area contributed by atoms with Crippen molar-refractivity contribution in [2.24, 2.45) is 0 Å². The van der Waals surface area contributed by atoms with Crippen LogP contribution in [0.2, 0.25) is 0 Å². The van der Waals surface area contributed by atoms with E-state index in [2.05, 4.69) is 23.8 Å². The Morgan fingerprint density at radius 3 is 2.65 bits per heavy atom. The summed E-state index contributed by atoms with van der Waals surface area (Å²) < 4.78 is 0.286. The minimum Gasteiger partial charge on any atom is -0.385 e. The molecule has 0 unspecified atom stereocenters. The maximum absolute atomic E-state index is 12.2. The van der Waals surface area contributed by atoms with Gasteiger partial charge in [-0.25, -0.2) is 0 Å². The van der Waals surface area contributed by atoms with E-state index in [0.29, 0.717) is 0 Å². The van der Waals surface area contributed by atoms with Crippen LogP contribution in [-0.4, -0.2) is 30.0 Å². The van der Waals surface area contributed by atoms with Crippen LogP contribution in [-0.2, 0) is 0 Å². The van der Waals surface area contributed by atoms with Gasteiger partial charge in [-0.05, 0) is 56.7 Å². The van der Waals surface area contributed by atoms with E-state index in [1.807, 2.05) is 36.9 Å². The molecule has 1 aliphatic carbocycles. The molecule has 0 aliphatic heterocycles. The predicted octanol–water partition coefficient (Wildman–Crippen LogP) is 3.44. The van der Waals surface area contributed by atoms with Gasteiger partial charge in [-0.2, -0.15) is 11.8 Å². The summed E-state index contributed by atoms with van der Waals surface area (Å²) in [7, 11) is 0. The summed E-state index contributed by atoms with van der Waals surface area (Å²) >= 11 is 1.88. The van der Waals surface area contributed by atoms with Crippen molar-refractivity contribution in [3.05, 3.63) is 29.3 Å². The molecule has 0 atom stereocenters. The van der Waals surface area contributed by atoms with Gasteiger partial charge in [0.2, 0.25) is 0 Å². The largest absolute Gasteiger partial charge is 0.385 e. The number of anilines is 1. The maximum atomic E-state index is 12.2. The van der Waals surface area contributed by atoms with Crippen LogP contribution in [0.4, 0.5) is 5.69 Å². The first kappa shape index (κ1) is 15.2. The third-order valence-electron chi connectivity index (χ3n) is 4.12. The van der Waals surface area contributed by atoms with E-state index in [1.54, 1.807) is 0 Å². The Bertz CT molecular complexity index is 478. The molecule has 20 heavy (non-hydrogen) atoms. The van der Waals surface area contributed by atoms with Gasteiger partial charge in [0.15, 0.2) is 0 Å². The van der Waals surface area contributed by atoms with Gasteiger partial charge < -0.3 is 10.6 Å². The SMILES string of the molecule is CCNc1ccc(C(=O)NCC2(SC)CCC2)cc1C. The summed E-state index contributed by atoms with van der Waals surface area (Å²) in [5.41, 5.74) is 2.96. The fraction of sp³-hybridized carbons (Fsp3) is 0.562. The second-order valence-electron chi connectivity index (χ2n) is 5.48. The molecule has 0 heterocycles. The van der Waals surface area contributed by atoms with Crippen molar-refractivity contribution in [3.63, 3.8) is 0 Å². The molecule has 1 aromatic carbocycles. The highest BCUT2D eigenvalue weighted by atomic mass is 32.2. The maximum Gasteiger partial charge on any atom is 0.251 e. The number of benzene rings is 1. The van der Waals surface area contributed by atoms with Crippen LogP contribution in [0.25, 0.3) is 0 Å². The van der Waals surface area contributed by atoms with Crippen LogP contribution in [0.3, 0.4) is 0 Å². The number of nitrogens with one attached hydrogen (secondary N) is 2. The first-order valence-corrected chi connectivity index (χ1v) is 8.50. The van der Waals surface area contributed by atoms with Crippen molar-refractivity contribution in [1.29, 1.82) is 0 Å². The molecule has 4 heteroatoms. The Morgan fingerprint density at radius 2 is 2.15 bits per heavy atom. The summed E-state index contributed by atoms with van der Waals surface area (Å²) in [5, 5.41) is 6.38. The fourth-order valence-electron chi connectivity index (χ4n) is 2.56. The minimum absolute atomic E-state index is 0.0384. The van der Waals surface area contributed by atoms with Gasteiger partial charge in [0.1, 0.15) is 0 Å². The van der Waals surface area contributed by atoms with Crippen molar-refractivity contribution in [2.75, 3.05) is 24.7 Å². The number of hydrogen-bond donors (Lipinski definition) is 2. The number of amides is 1. The third kappa shape index (κ3) is 3.29. The van der Waals surface area contributed by atoms with Crippen LogP contribution in [0.5, 0.6) is 0 Å². The molecule has 110 valence electrons. The molecule has 0 aromatic heterocycles. The molecule has 1 aromatic rings. The van der Waals surface area contributed by atoms with E-state index in [9.17, 15) is 4.79 Å². The number of thioether (sulfide) groups is 1. The number of aryl methyl sites for hydroxylation is 1. The van der Waals surface area contributed by atoms with E-state index in [-0.39, 0.29) is 10.7 Å². The molecule has 2 rings (SSSR count). The predicted molar refractivity (Wildman–Crippen MR) is 87.8 cm³/mol. The molecule has 0 bridgehead atoms. The van der Waals surface area contributed by atoms with Crippen molar-refractivity contribution in [1.82, 2.24) is 5.32 Å². The highest BCUT2D eigenvalue weighted by Gasteiger charge is 2.36. The van der Waals surface area contributed by atoms with Gasteiger partial charge in [-0.1, -0.05) is 6.42 Å². The Hall–Kier alpha value is -1.16. The zero-order valence-electron chi connectivity index (χ0n) is 12.6. The van der Waals surface area contributed by atoms with Gasteiger partial charge in [0.25, 0.3) is 5.91 Å². The second kappa shape index (κ2) is 6.53. The highest BCUT2D eigenvalue weighted by molar-refractivity contribution is 8.00. The van der Waals surface area contributed by atoms with Gasteiger partial charge in [-0.15, -0.1) is 0 Å². The van der Waals surface area contributed by atoms with E-state index < -0.39 is 0 Å². The van der Waals surface area contributed by atoms with Crippen LogP contribution >= 0.6 is 11.8 Å². The standard InChI is InChI=1S/C16H24N2OS/c1-4-17-14-7-6-13(10-12(14)2)15(19)18-11-16(20-3)8-5-9-16/h6-7,10,17H,4-5,8-9,11H2,1-3H3,(H,18,19). The average Bonchev–Trinajstić information content (AvgIpc) is 2.40. The van der Waals surface area contributed by atoms with E-state index in [0.717, 1.165) is 29.9 Å². The quantitative estimate of drug-likeness (QED) is 0.844. The topological polar surface area (TPSA) is 41.1 Å². The molecular weight excluding hydrogens is 268 g/mol. The summed E-state index contributed by atoms with van der Waals surface area (Å²) in [6.07, 6.45) is 5.85. The van der Waals surface area contributed by atoms with Crippen molar-refractivity contribution in [2.45, 2.75) is 37.9 Å². The molecule has 1 aliphatic rings. The van der Waals surface area contributed by atoms with Crippen molar-refractivity contribution in [3.8, 4) is 0 Å². The Morgan fingerprint density at radius 1 is 1.40 bits per heavy atom. The van der Waals surface area contributed by atoms with Gasteiger partial charge in [0.05, 0.1) is 0 Å². The van der Waals surface area contributed by atoms with E-state index in [4.69, 9.17) is 0 Å². The van der Waals surface area contributed by atoms with Crippen LogP contribution < -0.4 is 10.6 Å². The number of carbonyl (C=O) groups excluding carboxylic acids is 1. The van der Waals surface area contributed by atoms with Gasteiger partial charge in [-0.3, -0.25) is 4.79 Å². The molecule has 0 spiro atoms. The first-order valence-electron chi connectivity index (χ1n) is 7.28. The molecule has 3 nitrogen and oxygen atoms in total. The third-order valence-corrected chi connectivity index (χ3v) is 5.54. The zero-order chi connectivity index (χ0) is 14.6. The van der Waals surface area contributed by atoms with E-state index in [1.165, 1.54) is 19.3 Å². The fourth-order valence-corrected chi connectivity index (χ4v) is 3.47. The Labute approximate surface area is 125 Å². The lowest BCUT2D eigenvalue weighted by molar-refractivity contribution is 0.0944. The molecule has 1 amide bonds. The van der Waals surface area contributed by atoms with Crippen molar-refractivity contribution >= 4 is 23.4 Å². The lowest BCUT2D eigenvalue weighted by Gasteiger charge is -2.40. The summed E-state index contributed by atoms with van der Waals surface area (Å²) in [6, 6.07) is 5.84. The molecule has 2 N–H and O–H groups in total. The first-order chi connectivity index (χ1) is 9.60. The molecule has 1 saturated carbocycles. The summed E-state index contributed by atoms with van der Waals surface area (Å²) in [4.78, 5) is 12.2. The van der Waals surface area contributed by atoms with Gasteiger partial charge >= 0.3 is 0 Å². The number of rotatable bonds is 6. The zero-order valence-corrected chi connectivity index (χ0v) is 13.4. The monoisotopic (exact) mass is 292 g/mol. The van der Waals surface area contributed by atoms with E-state index >= 15 is 0 Å². The second-order valence-corrected chi connectivity index (χ2v) is 6.76. The average molecular weight is 292 g/mol. The number of carbonyl (C=O) groups is 1. The molecular formula is C16H24N2OS. The summed E-state index contributed by atoms with van der Waals surface area (Å²) in [5.74, 6) is 0.0384. The van der Waals surface area contributed by atoms with Crippen molar-refractivity contribution < 1.29 is 4.79 Å². The Kier molecular flexibility index (Phi) is 4.97. The molecule has 1 fully saturated rings. The smallest absolute Gasteiger partial charge is 0.251 e. The Balaban J connectivity index is 1.97. The lowest BCUT2D eigenvalue weighted by atomic mass is 9.84. The number of hydrogen-bond acceptors (Lipinski definition) is 3. The normalized spacial score (nSPS) is 16.4. The van der Waals surface area contributed by atoms with Gasteiger partial charge in [0, 0.05) is 29.1 Å². The molecule has 0 saturated heterocycles. The van der Waals surface area contributed by atoms with Crippen LogP contribution in [0, 0.1) is 6.92 Å². The minimum atomic E-state index is 0.0384.